The molecule has 1 aromatic carbocycles. The van der Waals surface area contributed by atoms with Crippen molar-refractivity contribution in [1.82, 2.24) is 15.0 Å². The van der Waals surface area contributed by atoms with E-state index in [0.29, 0.717) is 36.0 Å². The highest BCUT2D eigenvalue weighted by Crippen LogP contribution is 2.31. The van der Waals surface area contributed by atoms with Crippen molar-refractivity contribution in [3.63, 3.8) is 0 Å². The summed E-state index contributed by atoms with van der Waals surface area (Å²) in [5.41, 5.74) is 1.18. The fourth-order valence-electron chi connectivity index (χ4n) is 5.97. The lowest BCUT2D eigenvalue weighted by Gasteiger charge is -2.35. The summed E-state index contributed by atoms with van der Waals surface area (Å²) in [4.78, 5) is 17.5. The zero-order chi connectivity index (χ0) is 29.0. The second-order valence-electron chi connectivity index (χ2n) is 11.7. The highest BCUT2D eigenvalue weighted by atomic mass is 32.2. The number of anilines is 1. The monoisotopic (exact) mass is 576 g/mol. The molecule has 2 heterocycles. The van der Waals surface area contributed by atoms with E-state index in [0.717, 1.165) is 6.54 Å². The maximum Gasteiger partial charge on any atom is 0.267 e. The van der Waals surface area contributed by atoms with E-state index in [1.165, 1.54) is 32.1 Å². The Labute approximate surface area is 238 Å². The van der Waals surface area contributed by atoms with Gasteiger partial charge in [0.1, 0.15) is 17.5 Å². The Bertz CT molecular complexity index is 1250. The van der Waals surface area contributed by atoms with Crippen LogP contribution < -0.4 is 9.46 Å². The first kappa shape index (κ1) is 30.3. The second kappa shape index (κ2) is 12.9. The third-order valence-corrected chi connectivity index (χ3v) is 9.82. The Hall–Kier alpha value is -2.63. The topological polar surface area (TPSA) is 125 Å². The van der Waals surface area contributed by atoms with E-state index >= 15 is 0 Å². The minimum Gasteiger partial charge on any atom is -0.488 e. The molecule has 222 valence electrons. The third-order valence-electron chi connectivity index (χ3n) is 8.19. The molecule has 0 spiro atoms. The number of fused-ring (bicyclic) bond motifs is 1. The van der Waals surface area contributed by atoms with Gasteiger partial charge in [-0.2, -0.15) is 0 Å². The maximum atomic E-state index is 13.5. The average molecular weight is 577 g/mol. The average Bonchev–Trinajstić information content (AvgIpc) is 3.27. The quantitative estimate of drug-likeness (QED) is 0.462. The number of aryl methyl sites for hydroxylation is 2. The molecule has 0 bridgehead atoms. The largest absolute Gasteiger partial charge is 0.488 e. The second-order valence-corrected chi connectivity index (χ2v) is 13.3. The number of hydrogen-bond acceptors (Lipinski definition) is 8. The van der Waals surface area contributed by atoms with Crippen molar-refractivity contribution in [2.45, 2.75) is 83.3 Å². The molecule has 1 amide bonds. The Balaban J connectivity index is 1.61. The molecule has 1 aromatic heterocycles. The van der Waals surface area contributed by atoms with Crippen molar-refractivity contribution in [2.75, 3.05) is 38.0 Å². The molecule has 11 heteroatoms. The molecule has 0 saturated heterocycles. The molecule has 1 fully saturated rings. The number of aliphatic hydroxyl groups is 1. The van der Waals surface area contributed by atoms with E-state index in [2.05, 4.69) is 28.8 Å². The smallest absolute Gasteiger partial charge is 0.267 e. The van der Waals surface area contributed by atoms with Gasteiger partial charge in [0, 0.05) is 36.8 Å². The van der Waals surface area contributed by atoms with Crippen LogP contribution in [0.5, 0.6) is 5.75 Å². The van der Waals surface area contributed by atoms with Crippen LogP contribution in [0.3, 0.4) is 0 Å². The fraction of sp³-hybridized carbons (Fsp3) is 0.655. The van der Waals surface area contributed by atoms with Gasteiger partial charge in [0.05, 0.1) is 19.1 Å². The summed E-state index contributed by atoms with van der Waals surface area (Å²) < 4.78 is 40.5. The number of likely N-dealkylation sites (N-methyl/N-ethyl adjacent to an activating group) is 1. The minimum atomic E-state index is -3.95. The minimum absolute atomic E-state index is 0.00112. The maximum absolute atomic E-state index is 13.5. The summed E-state index contributed by atoms with van der Waals surface area (Å²) in [6.45, 7) is 9.07. The number of carbonyl (C=O) groups excluding carboxylic acids is 1. The Morgan fingerprint density at radius 1 is 1.20 bits per heavy atom. The summed E-state index contributed by atoms with van der Waals surface area (Å²) >= 11 is 0. The number of ether oxygens (including phenoxy) is 1. The van der Waals surface area contributed by atoms with Crippen molar-refractivity contribution in [2.24, 2.45) is 11.8 Å². The van der Waals surface area contributed by atoms with Crippen molar-refractivity contribution in [3.05, 3.63) is 35.2 Å². The van der Waals surface area contributed by atoms with E-state index < -0.39 is 10.0 Å². The summed E-state index contributed by atoms with van der Waals surface area (Å²) in [6, 6.07) is 4.69. The SMILES string of the molecule is Cc1noc(C)c1S(=O)(=O)Nc1ccc2c(c1)CC(=O)N([C@H](C)CO)C[C@H](C)[C@@H](CN(C)CC1CCCCC1)O2. The van der Waals surface area contributed by atoms with E-state index in [9.17, 15) is 18.3 Å². The standard InChI is InChI=1S/C29H44N4O6S/c1-19-15-33(20(2)18-34)28(35)14-24-13-25(31-40(36,37)29-21(3)30-39-22(29)4)11-12-26(24)38-27(19)17-32(5)16-23-9-7-6-8-10-23/h11-13,19-20,23,27,31,34H,6-10,14-18H2,1-5H3/t19-,20+,27+/m0/s1. The highest BCUT2D eigenvalue weighted by molar-refractivity contribution is 7.92. The molecule has 2 aromatic rings. The van der Waals surface area contributed by atoms with Crippen molar-refractivity contribution in [1.29, 1.82) is 0 Å². The van der Waals surface area contributed by atoms with Gasteiger partial charge in [-0.15, -0.1) is 0 Å². The lowest BCUT2D eigenvalue weighted by molar-refractivity contribution is -0.134. The Morgan fingerprint density at radius 2 is 1.93 bits per heavy atom. The van der Waals surface area contributed by atoms with Crippen LogP contribution in [0.1, 0.15) is 63.0 Å². The zero-order valence-electron chi connectivity index (χ0n) is 24.4. The molecular weight excluding hydrogens is 532 g/mol. The van der Waals surface area contributed by atoms with Crippen LogP contribution in [0.15, 0.2) is 27.6 Å². The van der Waals surface area contributed by atoms with Crippen LogP contribution in [0.25, 0.3) is 0 Å². The molecular formula is C29H44N4O6S. The fourth-order valence-corrected chi connectivity index (χ4v) is 7.35. The Morgan fingerprint density at radius 3 is 2.58 bits per heavy atom. The summed E-state index contributed by atoms with van der Waals surface area (Å²) in [6.07, 6.45) is 6.26. The molecule has 40 heavy (non-hydrogen) atoms. The van der Waals surface area contributed by atoms with E-state index in [1.54, 1.807) is 36.9 Å². The van der Waals surface area contributed by atoms with Gasteiger partial charge in [0.25, 0.3) is 10.0 Å². The van der Waals surface area contributed by atoms with Gasteiger partial charge in [-0.05, 0) is 64.8 Å². The molecule has 0 radical (unpaired) electrons. The summed E-state index contributed by atoms with van der Waals surface area (Å²) in [5.74, 6) is 1.33. The van der Waals surface area contributed by atoms with E-state index in [1.807, 2.05) is 6.92 Å². The van der Waals surface area contributed by atoms with Crippen LogP contribution in [0.4, 0.5) is 5.69 Å². The van der Waals surface area contributed by atoms with Crippen LogP contribution >= 0.6 is 0 Å². The van der Waals surface area contributed by atoms with Gasteiger partial charge in [0.15, 0.2) is 10.7 Å². The van der Waals surface area contributed by atoms with Crippen LogP contribution in [-0.4, -0.2) is 79.8 Å². The molecule has 10 nitrogen and oxygen atoms in total. The van der Waals surface area contributed by atoms with Crippen LogP contribution in [0.2, 0.25) is 0 Å². The molecule has 1 saturated carbocycles. The van der Waals surface area contributed by atoms with Crippen molar-refractivity contribution >= 4 is 21.6 Å². The predicted molar refractivity (Wildman–Crippen MR) is 153 cm³/mol. The number of nitrogens with one attached hydrogen (secondary N) is 1. The summed E-state index contributed by atoms with van der Waals surface area (Å²) in [7, 11) is -1.83. The highest BCUT2D eigenvalue weighted by Gasteiger charge is 2.32. The number of sulfonamides is 1. The molecule has 1 aliphatic carbocycles. The first-order valence-corrected chi connectivity index (χ1v) is 15.8. The number of rotatable bonds is 9. The zero-order valence-corrected chi connectivity index (χ0v) is 25.2. The number of amides is 1. The number of aromatic nitrogens is 1. The van der Waals surface area contributed by atoms with E-state index in [-0.39, 0.29) is 53.3 Å². The van der Waals surface area contributed by atoms with Gasteiger partial charge in [-0.1, -0.05) is 31.3 Å². The van der Waals surface area contributed by atoms with Crippen molar-refractivity contribution in [3.8, 4) is 5.75 Å². The lowest BCUT2D eigenvalue weighted by atomic mass is 9.89. The number of benzene rings is 1. The van der Waals surface area contributed by atoms with Gasteiger partial charge >= 0.3 is 0 Å². The lowest BCUT2D eigenvalue weighted by Crippen LogP contribution is -2.48. The molecule has 1 aliphatic heterocycles. The first-order valence-electron chi connectivity index (χ1n) is 14.3. The third kappa shape index (κ3) is 7.16. The van der Waals surface area contributed by atoms with Crippen LogP contribution in [-0.2, 0) is 21.2 Å². The van der Waals surface area contributed by atoms with Crippen LogP contribution in [0, 0.1) is 25.7 Å². The molecule has 2 aliphatic rings. The number of aliphatic hydroxyl groups excluding tert-OH is 1. The number of carbonyl (C=O) groups is 1. The predicted octanol–water partition coefficient (Wildman–Crippen LogP) is 3.75. The van der Waals surface area contributed by atoms with Gasteiger partial charge in [0.2, 0.25) is 5.91 Å². The normalized spacial score (nSPS) is 21.8. The summed E-state index contributed by atoms with van der Waals surface area (Å²) in [5, 5.41) is 13.7. The van der Waals surface area contributed by atoms with E-state index in [4.69, 9.17) is 9.26 Å². The molecule has 4 rings (SSSR count). The molecule has 2 N–H and O–H groups in total. The molecule has 3 atom stereocenters. The number of nitrogens with zero attached hydrogens (tertiary/aromatic N) is 3. The first-order chi connectivity index (χ1) is 19.0. The molecule has 0 unspecified atom stereocenters. The Kier molecular flexibility index (Phi) is 9.79. The number of hydrogen-bond donors (Lipinski definition) is 2. The van der Waals surface area contributed by atoms with Gasteiger partial charge < -0.3 is 24.2 Å². The van der Waals surface area contributed by atoms with Gasteiger partial charge in [-0.3, -0.25) is 9.52 Å². The van der Waals surface area contributed by atoms with Gasteiger partial charge in [-0.25, -0.2) is 8.42 Å². The van der Waals surface area contributed by atoms with Crippen molar-refractivity contribution < 1.29 is 27.6 Å².